The van der Waals surface area contributed by atoms with Crippen molar-refractivity contribution in [1.82, 2.24) is 4.90 Å². The first-order valence-electron chi connectivity index (χ1n) is 6.30. The number of hydrogen-bond donors (Lipinski definition) is 1. The smallest absolute Gasteiger partial charge is 0.231 e. The topological polar surface area (TPSA) is 79.3 Å². The minimum Gasteiger partial charge on any atom is -0.492 e. The molecule has 0 atom stereocenters. The Morgan fingerprint density at radius 3 is 2.84 bits per heavy atom. The number of primary amides is 1. The van der Waals surface area contributed by atoms with Crippen molar-refractivity contribution < 1.29 is 9.53 Å². The van der Waals surface area contributed by atoms with E-state index in [0.717, 1.165) is 19.5 Å². The fourth-order valence-electron chi connectivity index (χ4n) is 1.72. The number of nitrogens with zero attached hydrogens (tertiary/aromatic N) is 2. The molecule has 5 heteroatoms. The van der Waals surface area contributed by atoms with Gasteiger partial charge in [-0.15, -0.1) is 0 Å². The first-order valence-corrected chi connectivity index (χ1v) is 6.30. The molecule has 0 unspecified atom stereocenters. The van der Waals surface area contributed by atoms with Gasteiger partial charge >= 0.3 is 0 Å². The third-order valence-electron chi connectivity index (χ3n) is 2.71. The summed E-state index contributed by atoms with van der Waals surface area (Å²) < 4.78 is 5.56. The van der Waals surface area contributed by atoms with Crippen LogP contribution in [-0.4, -0.2) is 37.0 Å². The van der Waals surface area contributed by atoms with Crippen LogP contribution >= 0.6 is 0 Å². The summed E-state index contributed by atoms with van der Waals surface area (Å²) in [6.45, 7) is 4.28. The summed E-state index contributed by atoms with van der Waals surface area (Å²) in [5, 5.41) is 8.91. The molecule has 1 rings (SSSR count). The van der Waals surface area contributed by atoms with Crippen molar-refractivity contribution in [3.05, 3.63) is 29.8 Å². The highest BCUT2D eigenvalue weighted by atomic mass is 16.5. The third kappa shape index (κ3) is 5.40. The minimum absolute atomic E-state index is 0.269. The van der Waals surface area contributed by atoms with Gasteiger partial charge in [-0.25, -0.2) is 0 Å². The zero-order valence-electron chi connectivity index (χ0n) is 11.1. The van der Waals surface area contributed by atoms with Crippen LogP contribution in [0.25, 0.3) is 0 Å². The third-order valence-corrected chi connectivity index (χ3v) is 2.71. The molecule has 5 nitrogen and oxygen atoms in total. The van der Waals surface area contributed by atoms with E-state index in [0.29, 0.717) is 17.9 Å². The number of hydrogen-bond acceptors (Lipinski definition) is 4. The lowest BCUT2D eigenvalue weighted by Gasteiger charge is -2.18. The summed E-state index contributed by atoms with van der Waals surface area (Å²) in [6.07, 6.45) is 0.779. The molecule has 0 saturated carbocycles. The van der Waals surface area contributed by atoms with E-state index < -0.39 is 0 Å². The van der Waals surface area contributed by atoms with Crippen LogP contribution in [0, 0.1) is 11.3 Å². The molecule has 0 fully saturated rings. The van der Waals surface area contributed by atoms with E-state index >= 15 is 0 Å². The molecule has 2 N–H and O–H groups in total. The Kier molecular flexibility index (Phi) is 6.41. The minimum atomic E-state index is -0.322. The van der Waals surface area contributed by atoms with Gasteiger partial charge in [-0.2, -0.15) is 5.26 Å². The second-order valence-corrected chi connectivity index (χ2v) is 4.15. The Labute approximate surface area is 113 Å². The van der Waals surface area contributed by atoms with E-state index in [9.17, 15) is 4.79 Å². The number of ether oxygens (including phenoxy) is 1. The van der Waals surface area contributed by atoms with Crippen molar-refractivity contribution in [3.63, 3.8) is 0 Å². The molecule has 0 bridgehead atoms. The maximum atomic E-state index is 10.8. The SMILES string of the molecule is CCN(CCCOc1ccccc1C#N)CC(N)=O. The van der Waals surface area contributed by atoms with Crippen LogP contribution in [-0.2, 0) is 4.79 Å². The fourth-order valence-corrected chi connectivity index (χ4v) is 1.72. The Hall–Kier alpha value is -2.06. The predicted octanol–water partition coefficient (Wildman–Crippen LogP) is 1.13. The highest BCUT2D eigenvalue weighted by Gasteiger charge is 2.06. The number of carbonyl (C=O) groups is 1. The Bertz CT molecular complexity index is 454. The normalized spacial score (nSPS) is 10.2. The van der Waals surface area contributed by atoms with Gasteiger partial charge in [0.1, 0.15) is 11.8 Å². The molecule has 1 aromatic rings. The second kappa shape index (κ2) is 8.11. The molecule has 1 aromatic carbocycles. The Morgan fingerprint density at radius 1 is 1.47 bits per heavy atom. The summed E-state index contributed by atoms with van der Waals surface area (Å²) >= 11 is 0. The first kappa shape index (κ1) is 15.0. The van der Waals surface area contributed by atoms with Crippen molar-refractivity contribution >= 4 is 5.91 Å². The largest absolute Gasteiger partial charge is 0.492 e. The van der Waals surface area contributed by atoms with E-state index in [1.165, 1.54) is 0 Å². The van der Waals surface area contributed by atoms with Gasteiger partial charge in [0.05, 0.1) is 18.7 Å². The molecule has 0 radical (unpaired) electrons. The number of likely N-dealkylation sites (N-methyl/N-ethyl adjacent to an activating group) is 1. The van der Waals surface area contributed by atoms with Crippen LogP contribution in [0.2, 0.25) is 0 Å². The van der Waals surface area contributed by atoms with Gasteiger partial charge in [0, 0.05) is 6.54 Å². The van der Waals surface area contributed by atoms with Crippen molar-refractivity contribution in [2.45, 2.75) is 13.3 Å². The Morgan fingerprint density at radius 2 is 2.21 bits per heavy atom. The lowest BCUT2D eigenvalue weighted by atomic mass is 10.2. The lowest BCUT2D eigenvalue weighted by molar-refractivity contribution is -0.119. The van der Waals surface area contributed by atoms with Crippen molar-refractivity contribution in [2.75, 3.05) is 26.2 Å². The van der Waals surface area contributed by atoms with E-state index in [2.05, 4.69) is 6.07 Å². The number of amides is 1. The standard InChI is InChI=1S/C14H19N3O2/c1-2-17(11-14(16)18)8-5-9-19-13-7-4-3-6-12(13)10-15/h3-4,6-7H,2,5,8-9,11H2,1H3,(H2,16,18). The summed E-state index contributed by atoms with van der Waals surface area (Å²) in [5.41, 5.74) is 5.69. The monoisotopic (exact) mass is 261 g/mol. The van der Waals surface area contributed by atoms with E-state index in [4.69, 9.17) is 15.7 Å². The van der Waals surface area contributed by atoms with Gasteiger partial charge in [0.2, 0.25) is 5.91 Å². The summed E-state index contributed by atoms with van der Waals surface area (Å²) in [4.78, 5) is 12.8. The van der Waals surface area contributed by atoms with Gasteiger partial charge in [-0.05, 0) is 25.1 Å². The van der Waals surface area contributed by atoms with Crippen LogP contribution < -0.4 is 10.5 Å². The Balaban J connectivity index is 2.34. The predicted molar refractivity (Wildman–Crippen MR) is 72.6 cm³/mol. The van der Waals surface area contributed by atoms with Gasteiger partial charge in [-0.3, -0.25) is 9.69 Å². The molecular formula is C14H19N3O2. The number of carbonyl (C=O) groups excluding carboxylic acids is 1. The number of rotatable bonds is 8. The molecule has 0 heterocycles. The summed E-state index contributed by atoms with van der Waals surface area (Å²) in [6, 6.07) is 9.22. The van der Waals surface area contributed by atoms with Crippen molar-refractivity contribution in [1.29, 1.82) is 5.26 Å². The van der Waals surface area contributed by atoms with E-state index in [1.54, 1.807) is 18.2 Å². The molecule has 0 spiro atoms. The van der Waals surface area contributed by atoms with E-state index in [-0.39, 0.29) is 12.5 Å². The maximum Gasteiger partial charge on any atom is 0.231 e. The maximum absolute atomic E-state index is 10.8. The molecule has 0 aromatic heterocycles. The molecule has 0 aliphatic heterocycles. The van der Waals surface area contributed by atoms with Crippen LogP contribution in [0.1, 0.15) is 18.9 Å². The van der Waals surface area contributed by atoms with Crippen LogP contribution in [0.4, 0.5) is 0 Å². The number of para-hydroxylation sites is 1. The molecule has 102 valence electrons. The van der Waals surface area contributed by atoms with Crippen molar-refractivity contribution in [2.24, 2.45) is 5.73 Å². The first-order chi connectivity index (χ1) is 9.17. The highest BCUT2D eigenvalue weighted by Crippen LogP contribution is 2.16. The average molecular weight is 261 g/mol. The van der Waals surface area contributed by atoms with Gasteiger partial charge in [0.15, 0.2) is 0 Å². The fraction of sp³-hybridized carbons (Fsp3) is 0.429. The number of nitriles is 1. The molecule has 1 amide bonds. The van der Waals surface area contributed by atoms with Gasteiger partial charge in [0.25, 0.3) is 0 Å². The zero-order valence-corrected chi connectivity index (χ0v) is 11.1. The summed E-state index contributed by atoms with van der Waals surface area (Å²) in [7, 11) is 0. The highest BCUT2D eigenvalue weighted by molar-refractivity contribution is 5.75. The molecule has 0 aliphatic rings. The molecule has 19 heavy (non-hydrogen) atoms. The number of benzene rings is 1. The summed E-state index contributed by atoms with van der Waals surface area (Å²) in [5.74, 6) is 0.278. The molecule has 0 aliphatic carbocycles. The van der Waals surface area contributed by atoms with Crippen LogP contribution in [0.15, 0.2) is 24.3 Å². The molecule has 0 saturated heterocycles. The zero-order chi connectivity index (χ0) is 14.1. The lowest BCUT2D eigenvalue weighted by Crippen LogP contribution is -2.34. The van der Waals surface area contributed by atoms with Crippen molar-refractivity contribution in [3.8, 4) is 11.8 Å². The average Bonchev–Trinajstić information content (AvgIpc) is 2.42. The van der Waals surface area contributed by atoms with Crippen LogP contribution in [0.5, 0.6) is 5.75 Å². The second-order valence-electron chi connectivity index (χ2n) is 4.15. The van der Waals surface area contributed by atoms with Gasteiger partial charge < -0.3 is 10.5 Å². The molecular weight excluding hydrogens is 242 g/mol. The van der Waals surface area contributed by atoms with Gasteiger partial charge in [-0.1, -0.05) is 19.1 Å². The van der Waals surface area contributed by atoms with Crippen LogP contribution in [0.3, 0.4) is 0 Å². The quantitative estimate of drug-likeness (QED) is 0.711. The number of nitrogens with two attached hydrogens (primary N) is 1. The van der Waals surface area contributed by atoms with E-state index in [1.807, 2.05) is 17.9 Å².